The second-order valence-corrected chi connectivity index (χ2v) is 9.38. The van der Waals surface area contributed by atoms with Gasteiger partial charge in [-0.2, -0.15) is 5.10 Å². The highest BCUT2D eigenvalue weighted by Gasteiger charge is 2.58. The van der Waals surface area contributed by atoms with Crippen molar-refractivity contribution in [1.29, 1.82) is 0 Å². The van der Waals surface area contributed by atoms with Crippen LogP contribution in [0, 0.1) is 22.5 Å². The van der Waals surface area contributed by atoms with E-state index in [-0.39, 0.29) is 5.41 Å². The Morgan fingerprint density at radius 3 is 2.60 bits per heavy atom. The van der Waals surface area contributed by atoms with Gasteiger partial charge in [-0.25, -0.2) is 8.78 Å². The van der Waals surface area contributed by atoms with Crippen molar-refractivity contribution >= 4 is 10.9 Å². The molecule has 2 aromatic carbocycles. The lowest BCUT2D eigenvalue weighted by Gasteiger charge is -2.63. The quantitative estimate of drug-likeness (QED) is 0.577. The zero-order chi connectivity index (χ0) is 20.9. The minimum atomic E-state index is -0.863. The van der Waals surface area contributed by atoms with Crippen LogP contribution < -0.4 is 4.74 Å². The third kappa shape index (κ3) is 3.37. The Labute approximate surface area is 175 Å². The number of benzene rings is 2. The maximum atomic E-state index is 13.5. The zero-order valence-electron chi connectivity index (χ0n) is 17.5. The number of halogens is 2. The van der Waals surface area contributed by atoms with Crippen molar-refractivity contribution in [2.24, 2.45) is 17.9 Å². The molecule has 0 radical (unpaired) electrons. The molecule has 3 aromatic rings. The maximum Gasteiger partial charge on any atom is 0.162 e. The van der Waals surface area contributed by atoms with E-state index in [0.29, 0.717) is 17.8 Å². The summed E-state index contributed by atoms with van der Waals surface area (Å²) in [6.07, 6.45) is 5.34. The smallest absolute Gasteiger partial charge is 0.162 e. The summed E-state index contributed by atoms with van der Waals surface area (Å²) in [5, 5.41) is 5.50. The topological polar surface area (TPSA) is 30.3 Å². The summed E-state index contributed by atoms with van der Waals surface area (Å²) < 4.78 is 34.5. The van der Waals surface area contributed by atoms with Gasteiger partial charge in [0.1, 0.15) is 5.75 Å². The van der Waals surface area contributed by atoms with Gasteiger partial charge in [-0.05, 0) is 54.5 Å². The second-order valence-electron chi connectivity index (χ2n) is 9.38. The van der Waals surface area contributed by atoms with E-state index in [1.54, 1.807) is 0 Å². The van der Waals surface area contributed by atoms with Crippen molar-refractivity contribution in [3.05, 3.63) is 59.8 Å². The molecule has 1 aromatic heterocycles. The van der Waals surface area contributed by atoms with Crippen LogP contribution in [-0.4, -0.2) is 34.4 Å². The van der Waals surface area contributed by atoms with E-state index in [4.69, 9.17) is 4.74 Å². The second kappa shape index (κ2) is 7.05. The van der Waals surface area contributed by atoms with Crippen molar-refractivity contribution in [1.82, 2.24) is 14.7 Å². The van der Waals surface area contributed by atoms with Gasteiger partial charge in [0.05, 0.1) is 18.3 Å². The monoisotopic (exact) mass is 411 g/mol. The molecule has 4 nitrogen and oxygen atoms in total. The van der Waals surface area contributed by atoms with Crippen molar-refractivity contribution < 1.29 is 13.5 Å². The van der Waals surface area contributed by atoms with Gasteiger partial charge in [-0.1, -0.05) is 13.0 Å². The standard InChI is InChI=1S/C24H27F2N3O/c1-3-23-12-24(13-23,16-30-19-5-6-20(25)21(26)9-19)15-29(14-23)11-17-4-7-22-18(8-17)10-27-28(22)2/h4-10H,3,11-16H2,1-2H3. The first-order valence-electron chi connectivity index (χ1n) is 10.6. The number of nitrogens with zero attached hydrogens (tertiary/aromatic N) is 3. The van der Waals surface area contributed by atoms with E-state index in [1.807, 2.05) is 17.9 Å². The van der Waals surface area contributed by atoms with Gasteiger partial charge in [0.25, 0.3) is 0 Å². The number of aromatic nitrogens is 2. The first-order chi connectivity index (χ1) is 14.4. The van der Waals surface area contributed by atoms with Crippen LogP contribution in [0.25, 0.3) is 10.9 Å². The van der Waals surface area contributed by atoms with Crippen molar-refractivity contribution in [3.8, 4) is 5.75 Å². The summed E-state index contributed by atoms with van der Waals surface area (Å²) >= 11 is 0. The van der Waals surface area contributed by atoms with Gasteiger partial charge in [-0.3, -0.25) is 9.58 Å². The third-order valence-electron chi connectivity index (χ3n) is 7.02. The Balaban J connectivity index is 1.30. The molecule has 0 unspecified atom stereocenters. The summed E-state index contributed by atoms with van der Waals surface area (Å²) in [6, 6.07) is 10.3. The average Bonchev–Trinajstić information content (AvgIpc) is 3.08. The number of piperidine rings is 2. The van der Waals surface area contributed by atoms with Crippen LogP contribution in [-0.2, 0) is 13.6 Å². The average molecular weight is 411 g/mol. The van der Waals surface area contributed by atoms with Crippen LogP contribution in [0.1, 0.15) is 31.7 Å². The van der Waals surface area contributed by atoms with E-state index in [9.17, 15) is 8.78 Å². The molecule has 3 heterocycles. The molecular weight excluding hydrogens is 384 g/mol. The minimum absolute atomic E-state index is 0.0809. The summed E-state index contributed by atoms with van der Waals surface area (Å²) in [4.78, 5) is 2.53. The van der Waals surface area contributed by atoms with E-state index in [2.05, 4.69) is 35.1 Å². The summed E-state index contributed by atoms with van der Waals surface area (Å²) in [7, 11) is 1.96. The molecule has 1 aliphatic carbocycles. The Kier molecular flexibility index (Phi) is 4.58. The fourth-order valence-electron chi connectivity index (χ4n) is 5.76. The van der Waals surface area contributed by atoms with Crippen LogP contribution in [0.4, 0.5) is 8.78 Å². The van der Waals surface area contributed by atoms with Gasteiger partial charge in [0, 0.05) is 43.5 Å². The van der Waals surface area contributed by atoms with Crippen molar-refractivity contribution in [3.63, 3.8) is 0 Å². The highest BCUT2D eigenvalue weighted by molar-refractivity contribution is 5.79. The first-order valence-corrected chi connectivity index (χ1v) is 10.6. The van der Waals surface area contributed by atoms with Gasteiger partial charge >= 0.3 is 0 Å². The number of hydrogen-bond donors (Lipinski definition) is 0. The molecular formula is C24H27F2N3O. The molecule has 1 saturated carbocycles. The number of hydrogen-bond acceptors (Lipinski definition) is 3. The van der Waals surface area contributed by atoms with E-state index >= 15 is 0 Å². The Bertz CT molecular complexity index is 1090. The first kappa shape index (κ1) is 19.5. The van der Waals surface area contributed by atoms with Gasteiger partial charge in [-0.15, -0.1) is 0 Å². The number of rotatable bonds is 6. The largest absolute Gasteiger partial charge is 0.493 e. The fourth-order valence-corrected chi connectivity index (χ4v) is 5.76. The molecule has 158 valence electrons. The lowest BCUT2D eigenvalue weighted by Crippen LogP contribution is -2.64. The van der Waals surface area contributed by atoms with Crippen molar-refractivity contribution in [2.45, 2.75) is 32.7 Å². The predicted molar refractivity (Wildman–Crippen MR) is 112 cm³/mol. The fraction of sp³-hybridized carbons (Fsp3) is 0.458. The number of ether oxygens (including phenoxy) is 1. The van der Waals surface area contributed by atoms with Gasteiger partial charge in [0.15, 0.2) is 11.6 Å². The predicted octanol–water partition coefficient (Wildman–Crippen LogP) is 4.92. The van der Waals surface area contributed by atoms with Crippen LogP contribution in [0.15, 0.2) is 42.6 Å². The number of fused-ring (bicyclic) bond motifs is 3. The Hall–Kier alpha value is -2.47. The molecule has 0 spiro atoms. The van der Waals surface area contributed by atoms with Crippen LogP contribution in [0.2, 0.25) is 0 Å². The lowest BCUT2D eigenvalue weighted by atomic mass is 9.49. The molecule has 2 saturated heterocycles. The third-order valence-corrected chi connectivity index (χ3v) is 7.02. The molecule has 30 heavy (non-hydrogen) atoms. The minimum Gasteiger partial charge on any atom is -0.493 e. The molecule has 0 amide bonds. The maximum absolute atomic E-state index is 13.5. The molecule has 0 atom stereocenters. The van der Waals surface area contributed by atoms with Crippen LogP contribution >= 0.6 is 0 Å². The molecule has 6 rings (SSSR count). The van der Waals surface area contributed by atoms with Gasteiger partial charge in [0.2, 0.25) is 0 Å². The number of aryl methyl sites for hydroxylation is 1. The summed E-state index contributed by atoms with van der Waals surface area (Å²) in [5.74, 6) is -1.31. The summed E-state index contributed by atoms with van der Waals surface area (Å²) in [6.45, 7) is 5.77. The normalized spacial score (nSPS) is 26.0. The molecule has 2 aliphatic heterocycles. The molecule has 0 N–H and O–H groups in total. The Morgan fingerprint density at radius 2 is 1.83 bits per heavy atom. The van der Waals surface area contributed by atoms with E-state index in [0.717, 1.165) is 56.5 Å². The summed E-state index contributed by atoms with van der Waals surface area (Å²) in [5.41, 5.74) is 2.85. The highest BCUT2D eigenvalue weighted by Crippen LogP contribution is 2.60. The molecule has 3 aliphatic rings. The van der Waals surface area contributed by atoms with E-state index < -0.39 is 11.6 Å². The highest BCUT2D eigenvalue weighted by atomic mass is 19.2. The van der Waals surface area contributed by atoms with Crippen LogP contribution in [0.3, 0.4) is 0 Å². The van der Waals surface area contributed by atoms with Gasteiger partial charge < -0.3 is 4.74 Å². The Morgan fingerprint density at radius 1 is 1.03 bits per heavy atom. The molecule has 2 bridgehead atoms. The SMILES string of the molecule is CCC12CN(Cc3ccc4c(cnn4C)c3)CC(COc3ccc(F)c(F)c3)(C1)C2. The lowest BCUT2D eigenvalue weighted by molar-refractivity contribution is -0.155. The van der Waals surface area contributed by atoms with Crippen molar-refractivity contribution in [2.75, 3.05) is 19.7 Å². The molecule has 3 fully saturated rings. The zero-order valence-corrected chi connectivity index (χ0v) is 17.5. The van der Waals surface area contributed by atoms with E-state index in [1.165, 1.54) is 17.0 Å². The molecule has 6 heteroatoms. The van der Waals surface area contributed by atoms with Crippen LogP contribution in [0.5, 0.6) is 5.75 Å².